The molecule has 0 spiro atoms. The summed E-state index contributed by atoms with van der Waals surface area (Å²) in [5.74, 6) is -0.0829. The van der Waals surface area contributed by atoms with Crippen LogP contribution < -0.4 is 4.90 Å². The topological polar surface area (TPSA) is 20.3 Å². The lowest BCUT2D eigenvalue weighted by Gasteiger charge is -2.17. The molecule has 0 radical (unpaired) electrons. The number of carbonyl (C=O) groups is 1. The van der Waals surface area contributed by atoms with Gasteiger partial charge in [0, 0.05) is 6.92 Å². The Labute approximate surface area is 89.8 Å². The first-order valence-corrected chi connectivity index (χ1v) is 4.58. The van der Waals surface area contributed by atoms with Crippen LogP contribution in [0.5, 0.6) is 0 Å². The molecule has 0 heterocycles. The van der Waals surface area contributed by atoms with Crippen LogP contribution in [0.2, 0.25) is 0 Å². The van der Waals surface area contributed by atoms with E-state index in [0.29, 0.717) is 0 Å². The second-order valence-electron chi connectivity index (χ2n) is 2.99. The summed E-state index contributed by atoms with van der Waals surface area (Å²) >= 11 is 0. The molecule has 0 aromatic heterocycles. The molecule has 0 saturated carbocycles. The summed E-state index contributed by atoms with van der Waals surface area (Å²) in [6, 6.07) is 7.52. The number of benzene rings is 1. The summed E-state index contributed by atoms with van der Waals surface area (Å²) in [7, 11) is 0. The highest BCUT2D eigenvalue weighted by molar-refractivity contribution is 5.95. The van der Waals surface area contributed by atoms with Crippen molar-refractivity contribution in [2.24, 2.45) is 0 Å². The average Bonchev–Trinajstić information content (AvgIpc) is 2.25. The smallest absolute Gasteiger partial charge is 0.228 e. The largest absolute Gasteiger partial charge is 0.280 e. The molecule has 0 atom stereocenters. The van der Waals surface area contributed by atoms with E-state index in [1.54, 1.807) is 6.08 Å². The molecule has 0 aliphatic rings. The molecule has 76 valence electrons. The van der Waals surface area contributed by atoms with Crippen LogP contribution in [0.3, 0.4) is 0 Å². The van der Waals surface area contributed by atoms with Crippen LogP contribution in [0.25, 0.3) is 6.08 Å². The van der Waals surface area contributed by atoms with Gasteiger partial charge in [-0.25, -0.2) is 0 Å². The molecular weight excluding hydrogens is 186 g/mol. The average molecular weight is 199 g/mol. The third-order valence-corrected chi connectivity index (χ3v) is 1.98. The van der Waals surface area contributed by atoms with Crippen molar-refractivity contribution in [1.82, 2.24) is 0 Å². The van der Waals surface area contributed by atoms with Gasteiger partial charge in [0.1, 0.15) is 0 Å². The molecule has 2 heteroatoms. The first kappa shape index (κ1) is 11.0. The first-order chi connectivity index (χ1) is 7.20. The van der Waals surface area contributed by atoms with E-state index < -0.39 is 0 Å². The van der Waals surface area contributed by atoms with Crippen molar-refractivity contribution in [3.63, 3.8) is 0 Å². The third-order valence-electron chi connectivity index (χ3n) is 1.98. The molecule has 1 aromatic rings. The lowest BCUT2D eigenvalue weighted by atomic mass is 10.1. The van der Waals surface area contributed by atoms with Crippen LogP contribution in [0.1, 0.15) is 12.5 Å². The van der Waals surface area contributed by atoms with Gasteiger partial charge in [-0.1, -0.05) is 37.4 Å². The molecule has 0 aliphatic heterocycles. The van der Waals surface area contributed by atoms with Gasteiger partial charge < -0.3 is 0 Å². The molecule has 1 aromatic carbocycles. The van der Waals surface area contributed by atoms with E-state index >= 15 is 0 Å². The number of nitrogens with zero attached hydrogens (tertiary/aromatic N) is 1. The van der Waals surface area contributed by atoms with E-state index in [9.17, 15) is 4.79 Å². The van der Waals surface area contributed by atoms with E-state index in [0.717, 1.165) is 11.3 Å². The first-order valence-electron chi connectivity index (χ1n) is 4.58. The zero-order valence-electron chi connectivity index (χ0n) is 8.73. The second kappa shape index (κ2) is 4.99. The number of para-hydroxylation sites is 1. The molecule has 0 N–H and O–H groups in total. The van der Waals surface area contributed by atoms with E-state index in [-0.39, 0.29) is 5.91 Å². The van der Waals surface area contributed by atoms with Crippen LogP contribution in [-0.4, -0.2) is 5.91 Å². The van der Waals surface area contributed by atoms with Gasteiger partial charge >= 0.3 is 0 Å². The highest BCUT2D eigenvalue weighted by atomic mass is 16.2. The Morgan fingerprint density at radius 2 is 2.13 bits per heavy atom. The molecule has 0 aliphatic carbocycles. The fraction of sp³-hybridized carbons (Fsp3) is 0.0769. The number of anilines is 1. The molecular formula is C13H13NO. The van der Waals surface area contributed by atoms with Crippen molar-refractivity contribution >= 4 is 17.7 Å². The Kier molecular flexibility index (Phi) is 3.67. The van der Waals surface area contributed by atoms with Crippen molar-refractivity contribution < 1.29 is 4.79 Å². The van der Waals surface area contributed by atoms with Crippen molar-refractivity contribution in [2.45, 2.75) is 6.92 Å². The van der Waals surface area contributed by atoms with E-state index in [4.69, 9.17) is 0 Å². The summed E-state index contributed by atoms with van der Waals surface area (Å²) in [5, 5.41) is 0. The van der Waals surface area contributed by atoms with Crippen LogP contribution in [0.15, 0.2) is 49.4 Å². The van der Waals surface area contributed by atoms with Gasteiger partial charge in [0.2, 0.25) is 5.91 Å². The fourth-order valence-corrected chi connectivity index (χ4v) is 1.30. The zero-order chi connectivity index (χ0) is 11.3. The summed E-state index contributed by atoms with van der Waals surface area (Å²) in [6.45, 7) is 8.66. The van der Waals surface area contributed by atoms with Gasteiger partial charge in [-0.3, -0.25) is 9.69 Å². The quantitative estimate of drug-likeness (QED) is 0.685. The number of rotatable bonds is 3. The predicted molar refractivity (Wildman–Crippen MR) is 63.4 cm³/mol. The summed E-state index contributed by atoms with van der Waals surface area (Å²) < 4.78 is 0. The monoisotopic (exact) mass is 199 g/mol. The van der Waals surface area contributed by atoms with E-state index in [1.165, 1.54) is 18.0 Å². The highest BCUT2D eigenvalue weighted by Crippen LogP contribution is 2.21. The fourth-order valence-electron chi connectivity index (χ4n) is 1.30. The van der Waals surface area contributed by atoms with Gasteiger partial charge in [0.05, 0.1) is 11.9 Å². The zero-order valence-corrected chi connectivity index (χ0v) is 8.73. The van der Waals surface area contributed by atoms with Gasteiger partial charge in [-0.15, -0.1) is 5.73 Å². The van der Waals surface area contributed by atoms with Crippen LogP contribution in [0.4, 0.5) is 5.69 Å². The molecule has 0 bridgehead atoms. The standard InChI is InChI=1S/C13H13NO/c1-4-10-14(11(3)15)13-9-7-6-8-12(13)5-2/h5-10H,1-2H2,3H3. The van der Waals surface area contributed by atoms with E-state index in [2.05, 4.69) is 18.9 Å². The Balaban J connectivity index is 3.27. The van der Waals surface area contributed by atoms with Crippen molar-refractivity contribution in [3.8, 4) is 0 Å². The van der Waals surface area contributed by atoms with Crippen LogP contribution in [-0.2, 0) is 4.79 Å². The second-order valence-corrected chi connectivity index (χ2v) is 2.99. The van der Waals surface area contributed by atoms with E-state index in [1.807, 2.05) is 24.3 Å². The third kappa shape index (κ3) is 2.46. The van der Waals surface area contributed by atoms with Crippen molar-refractivity contribution in [2.75, 3.05) is 4.90 Å². The normalized spacial score (nSPS) is 8.87. The lowest BCUT2D eigenvalue weighted by Crippen LogP contribution is -2.22. The Morgan fingerprint density at radius 1 is 1.47 bits per heavy atom. The Bertz CT molecular complexity index is 426. The molecule has 1 rings (SSSR count). The van der Waals surface area contributed by atoms with Crippen molar-refractivity contribution in [1.29, 1.82) is 0 Å². The molecule has 0 saturated heterocycles. The minimum absolute atomic E-state index is 0.0829. The number of carbonyl (C=O) groups excluding carboxylic acids is 1. The lowest BCUT2D eigenvalue weighted by molar-refractivity contribution is -0.115. The van der Waals surface area contributed by atoms with Crippen molar-refractivity contribution in [3.05, 3.63) is 54.9 Å². The summed E-state index contributed by atoms with van der Waals surface area (Å²) in [5.41, 5.74) is 4.28. The summed E-state index contributed by atoms with van der Waals surface area (Å²) in [6.07, 6.45) is 3.23. The maximum Gasteiger partial charge on any atom is 0.228 e. The maximum atomic E-state index is 11.4. The minimum Gasteiger partial charge on any atom is -0.280 e. The SMILES string of the molecule is C=C=CN(C(C)=O)c1ccccc1C=C. The Hall–Kier alpha value is -2.05. The van der Waals surface area contributed by atoms with Crippen LogP contribution in [0, 0.1) is 0 Å². The molecule has 0 unspecified atom stereocenters. The predicted octanol–water partition coefficient (Wildman–Crippen LogP) is 2.98. The van der Waals surface area contributed by atoms with Gasteiger partial charge in [0.15, 0.2) is 0 Å². The molecule has 15 heavy (non-hydrogen) atoms. The Morgan fingerprint density at radius 3 is 2.67 bits per heavy atom. The number of hydrogen-bond donors (Lipinski definition) is 0. The number of amides is 1. The molecule has 2 nitrogen and oxygen atoms in total. The van der Waals surface area contributed by atoms with Crippen LogP contribution >= 0.6 is 0 Å². The number of hydrogen-bond acceptors (Lipinski definition) is 1. The summed E-state index contributed by atoms with van der Waals surface area (Å²) in [4.78, 5) is 12.9. The maximum absolute atomic E-state index is 11.4. The highest BCUT2D eigenvalue weighted by Gasteiger charge is 2.10. The van der Waals surface area contributed by atoms with Gasteiger partial charge in [-0.2, -0.15) is 0 Å². The van der Waals surface area contributed by atoms with Gasteiger partial charge in [0.25, 0.3) is 0 Å². The molecule has 0 fully saturated rings. The minimum atomic E-state index is -0.0829. The molecule has 1 amide bonds. The van der Waals surface area contributed by atoms with Gasteiger partial charge in [-0.05, 0) is 11.6 Å².